The van der Waals surface area contributed by atoms with Crippen molar-refractivity contribution in [1.29, 1.82) is 0 Å². The number of nitrogens with two attached hydrogens (primary N) is 3. The fourth-order valence-corrected chi connectivity index (χ4v) is 0.817. The van der Waals surface area contributed by atoms with E-state index in [1.54, 1.807) is 0 Å². The molecule has 0 spiro atoms. The summed E-state index contributed by atoms with van der Waals surface area (Å²) in [6, 6.07) is -0.836. The highest BCUT2D eigenvalue weighted by molar-refractivity contribution is 5.96. The second kappa shape index (κ2) is 2.92. The van der Waals surface area contributed by atoms with E-state index in [4.69, 9.17) is 17.2 Å². The van der Waals surface area contributed by atoms with Crippen LogP contribution < -0.4 is 27.8 Å². The van der Waals surface area contributed by atoms with Crippen LogP contribution in [0.2, 0.25) is 0 Å². The van der Waals surface area contributed by atoms with Gasteiger partial charge in [-0.05, 0) is 0 Å². The van der Waals surface area contributed by atoms with Crippen molar-refractivity contribution in [2.24, 2.45) is 22.2 Å². The third-order valence-electron chi connectivity index (χ3n) is 1.16. The molecule has 0 saturated heterocycles. The van der Waals surface area contributed by atoms with Gasteiger partial charge in [0.2, 0.25) is 11.8 Å². The van der Waals surface area contributed by atoms with Crippen LogP contribution in [0.4, 0.5) is 4.79 Å². The molecule has 0 fully saturated rings. The van der Waals surface area contributed by atoms with E-state index < -0.39 is 11.9 Å². The molecule has 72 valence electrons. The van der Waals surface area contributed by atoms with Gasteiger partial charge in [-0.25, -0.2) is 4.79 Å². The first-order valence-electron chi connectivity index (χ1n) is 3.32. The summed E-state index contributed by atoms with van der Waals surface area (Å²) in [5.74, 6) is -1.95. The fourth-order valence-electron chi connectivity index (χ4n) is 0.817. The SMILES string of the molecule is NC(=O)NC1=NC(N)(O)C=C(N)N1. The molecule has 8 heteroatoms. The number of aliphatic hydroxyl groups is 1. The van der Waals surface area contributed by atoms with E-state index in [1.165, 1.54) is 0 Å². The Morgan fingerprint density at radius 3 is 2.85 bits per heavy atom. The number of carbonyl (C=O) groups is 1. The number of guanidine groups is 1. The molecular formula is C5H10N6O2. The van der Waals surface area contributed by atoms with Crippen LogP contribution in [-0.4, -0.2) is 22.9 Å². The molecule has 1 atom stereocenters. The Hall–Kier alpha value is -1.80. The Kier molecular flexibility index (Phi) is 2.09. The zero-order chi connectivity index (χ0) is 10.1. The van der Waals surface area contributed by atoms with Gasteiger partial charge in [0.25, 0.3) is 0 Å². The average molecular weight is 186 g/mol. The van der Waals surface area contributed by atoms with Crippen LogP contribution in [0.25, 0.3) is 0 Å². The van der Waals surface area contributed by atoms with E-state index in [0.717, 1.165) is 6.08 Å². The van der Waals surface area contributed by atoms with Crippen molar-refractivity contribution in [1.82, 2.24) is 10.6 Å². The van der Waals surface area contributed by atoms with Crippen LogP contribution >= 0.6 is 0 Å². The molecule has 1 aliphatic heterocycles. The number of hydrogen-bond acceptors (Lipinski definition) is 6. The van der Waals surface area contributed by atoms with E-state index in [2.05, 4.69) is 15.6 Å². The van der Waals surface area contributed by atoms with Gasteiger partial charge in [-0.15, -0.1) is 0 Å². The van der Waals surface area contributed by atoms with Crippen LogP contribution in [0, 0.1) is 0 Å². The lowest BCUT2D eigenvalue weighted by Gasteiger charge is -2.22. The van der Waals surface area contributed by atoms with E-state index in [1.807, 2.05) is 0 Å². The minimum absolute atomic E-state index is 0.0729. The Morgan fingerprint density at radius 2 is 2.38 bits per heavy atom. The molecule has 0 radical (unpaired) electrons. The number of hydrogen-bond donors (Lipinski definition) is 6. The number of aliphatic imine (C=N–C) groups is 1. The Labute approximate surface area is 73.5 Å². The minimum atomic E-state index is -1.92. The third-order valence-corrected chi connectivity index (χ3v) is 1.16. The lowest BCUT2D eigenvalue weighted by Crippen LogP contribution is -2.52. The first kappa shape index (κ1) is 9.29. The first-order valence-corrected chi connectivity index (χ1v) is 3.32. The van der Waals surface area contributed by atoms with Gasteiger partial charge in [0.05, 0.1) is 0 Å². The normalized spacial score (nSPS) is 26.9. The standard InChI is InChI=1S/C5H10N6O2/c6-2-1-5(8,13)11-4(9-2)10-3(7)12/h1,13H,6,8H2,(H4,7,9,10,11,12). The summed E-state index contributed by atoms with van der Waals surface area (Å²) in [7, 11) is 0. The lowest BCUT2D eigenvalue weighted by atomic mass is 10.3. The highest BCUT2D eigenvalue weighted by Crippen LogP contribution is 2.04. The summed E-state index contributed by atoms with van der Waals surface area (Å²) in [5, 5.41) is 13.8. The molecule has 0 bridgehead atoms. The summed E-state index contributed by atoms with van der Waals surface area (Å²) in [6.45, 7) is 0. The van der Waals surface area contributed by atoms with Gasteiger partial charge in [-0.2, -0.15) is 4.99 Å². The number of nitrogens with zero attached hydrogens (tertiary/aromatic N) is 1. The summed E-state index contributed by atoms with van der Waals surface area (Å²) >= 11 is 0. The molecule has 0 aromatic rings. The topological polar surface area (TPSA) is 152 Å². The summed E-state index contributed by atoms with van der Waals surface area (Å²) in [6.07, 6.45) is 1.08. The Bertz CT molecular complexity index is 289. The highest BCUT2D eigenvalue weighted by Gasteiger charge is 2.23. The average Bonchev–Trinajstić information content (AvgIpc) is 1.78. The van der Waals surface area contributed by atoms with Crippen LogP contribution in [0.1, 0.15) is 0 Å². The lowest BCUT2D eigenvalue weighted by molar-refractivity contribution is 0.105. The van der Waals surface area contributed by atoms with Crippen molar-refractivity contribution in [3.8, 4) is 0 Å². The van der Waals surface area contributed by atoms with Crippen molar-refractivity contribution in [3.63, 3.8) is 0 Å². The monoisotopic (exact) mass is 186 g/mol. The van der Waals surface area contributed by atoms with Crippen LogP contribution in [0.3, 0.4) is 0 Å². The predicted molar refractivity (Wildman–Crippen MR) is 44.7 cm³/mol. The molecular weight excluding hydrogens is 176 g/mol. The van der Waals surface area contributed by atoms with Gasteiger partial charge in [0.15, 0.2) is 0 Å². The first-order chi connectivity index (χ1) is 5.89. The molecule has 0 saturated carbocycles. The van der Waals surface area contributed by atoms with E-state index in [-0.39, 0.29) is 11.8 Å². The Morgan fingerprint density at radius 1 is 1.77 bits per heavy atom. The molecule has 0 aromatic heterocycles. The zero-order valence-corrected chi connectivity index (χ0v) is 6.61. The van der Waals surface area contributed by atoms with Crippen molar-refractivity contribution >= 4 is 12.0 Å². The second-order valence-electron chi connectivity index (χ2n) is 2.46. The number of primary amides is 1. The molecule has 1 rings (SSSR count). The molecule has 0 aliphatic carbocycles. The maximum absolute atomic E-state index is 10.4. The predicted octanol–water partition coefficient (Wildman–Crippen LogP) is -2.98. The number of nitrogens with one attached hydrogen (secondary N) is 2. The van der Waals surface area contributed by atoms with Gasteiger partial charge in [0, 0.05) is 6.08 Å². The number of carbonyl (C=O) groups excluding carboxylic acids is 1. The van der Waals surface area contributed by atoms with Gasteiger partial charge < -0.3 is 21.9 Å². The maximum atomic E-state index is 10.4. The van der Waals surface area contributed by atoms with Crippen LogP contribution in [-0.2, 0) is 0 Å². The van der Waals surface area contributed by atoms with Crippen LogP contribution in [0.5, 0.6) is 0 Å². The Balaban J connectivity index is 2.79. The molecule has 1 heterocycles. The largest absolute Gasteiger partial charge is 0.385 e. The van der Waals surface area contributed by atoms with Gasteiger partial charge in [-0.3, -0.25) is 11.1 Å². The molecule has 1 aliphatic rings. The van der Waals surface area contributed by atoms with Gasteiger partial charge in [-0.1, -0.05) is 0 Å². The molecule has 2 amide bonds. The minimum Gasteiger partial charge on any atom is -0.385 e. The summed E-state index contributed by atoms with van der Waals surface area (Å²) < 4.78 is 0. The second-order valence-corrected chi connectivity index (χ2v) is 2.46. The number of amides is 2. The van der Waals surface area contributed by atoms with E-state index >= 15 is 0 Å². The van der Waals surface area contributed by atoms with Crippen molar-refractivity contribution in [2.75, 3.05) is 0 Å². The van der Waals surface area contributed by atoms with Crippen molar-refractivity contribution in [2.45, 2.75) is 5.85 Å². The van der Waals surface area contributed by atoms with Gasteiger partial charge in [0.1, 0.15) is 5.82 Å². The molecule has 0 aromatic carbocycles. The van der Waals surface area contributed by atoms with E-state index in [9.17, 15) is 9.90 Å². The molecule has 1 unspecified atom stereocenters. The summed E-state index contributed by atoms with van der Waals surface area (Å²) in [5.41, 5.74) is 15.3. The smallest absolute Gasteiger partial charge is 0.318 e. The maximum Gasteiger partial charge on any atom is 0.318 e. The van der Waals surface area contributed by atoms with Crippen molar-refractivity contribution < 1.29 is 9.90 Å². The number of urea groups is 1. The van der Waals surface area contributed by atoms with E-state index in [0.29, 0.717) is 0 Å². The molecule has 9 N–H and O–H groups in total. The van der Waals surface area contributed by atoms with Crippen LogP contribution in [0.15, 0.2) is 16.9 Å². The fraction of sp³-hybridized carbons (Fsp3) is 0.200. The highest BCUT2D eigenvalue weighted by atomic mass is 16.3. The molecule has 13 heavy (non-hydrogen) atoms. The quantitative estimate of drug-likeness (QED) is 0.223. The van der Waals surface area contributed by atoms with Crippen molar-refractivity contribution in [3.05, 3.63) is 11.9 Å². The summed E-state index contributed by atoms with van der Waals surface area (Å²) in [4.78, 5) is 13.9. The van der Waals surface area contributed by atoms with Gasteiger partial charge >= 0.3 is 6.03 Å². The number of rotatable bonds is 0. The molecule has 8 nitrogen and oxygen atoms in total. The third kappa shape index (κ3) is 2.61. The zero-order valence-electron chi connectivity index (χ0n) is 6.61.